The molecule has 1 aromatic heterocycles. The Bertz CT molecular complexity index is 704. The van der Waals surface area contributed by atoms with Gasteiger partial charge in [-0.3, -0.25) is 9.88 Å². The Balaban J connectivity index is 1.43. The van der Waals surface area contributed by atoms with Gasteiger partial charge in [-0.05, 0) is 57.5 Å². The number of methoxy groups -OCH3 is 1. The lowest BCUT2D eigenvalue weighted by atomic mass is 9.64. The maximum Gasteiger partial charge on any atom is 0.232 e. The van der Waals surface area contributed by atoms with Crippen LogP contribution in [0.25, 0.3) is 0 Å². The lowest BCUT2D eigenvalue weighted by molar-refractivity contribution is -0.144. The van der Waals surface area contributed by atoms with Crippen molar-refractivity contribution in [2.45, 2.75) is 69.6 Å². The maximum atomic E-state index is 6.42. The van der Waals surface area contributed by atoms with Gasteiger partial charge in [-0.15, -0.1) is 0 Å². The fourth-order valence-corrected chi connectivity index (χ4v) is 5.87. The first-order valence-electron chi connectivity index (χ1n) is 11.2. The Morgan fingerprint density at radius 3 is 2.90 bits per heavy atom. The molecule has 0 bridgehead atoms. The highest BCUT2D eigenvalue weighted by atomic mass is 16.5. The monoisotopic (exact) mass is 400 g/mol. The van der Waals surface area contributed by atoms with Crippen molar-refractivity contribution in [2.75, 3.05) is 33.9 Å². The summed E-state index contributed by atoms with van der Waals surface area (Å²) < 4.78 is 11.6. The topological polar surface area (TPSA) is 59.5 Å². The van der Waals surface area contributed by atoms with E-state index in [1.54, 1.807) is 13.3 Å². The molecule has 0 aromatic carbocycles. The van der Waals surface area contributed by atoms with Gasteiger partial charge in [0.15, 0.2) is 0 Å². The zero-order valence-electron chi connectivity index (χ0n) is 18.0. The van der Waals surface area contributed by atoms with Crippen molar-refractivity contribution in [3.63, 3.8) is 0 Å². The van der Waals surface area contributed by atoms with E-state index in [1.165, 1.54) is 38.5 Å². The predicted octanol–water partition coefficient (Wildman–Crippen LogP) is 3.33. The minimum atomic E-state index is 0.137. The minimum absolute atomic E-state index is 0.137. The zero-order chi connectivity index (χ0) is 20.2. The SMILES string of the molecule is COc1cncc(CNCCC2(C3CC=CCN3C)CCOC3(CCCC3)C2)n1. The number of hydrogen-bond donors (Lipinski definition) is 1. The molecule has 6 heteroatoms. The molecule has 2 fully saturated rings. The molecule has 3 heterocycles. The summed E-state index contributed by atoms with van der Waals surface area (Å²) in [4.78, 5) is 11.2. The second kappa shape index (κ2) is 9.11. The van der Waals surface area contributed by atoms with E-state index in [0.29, 0.717) is 17.3 Å². The predicted molar refractivity (Wildman–Crippen MR) is 114 cm³/mol. The molecule has 0 amide bonds. The summed E-state index contributed by atoms with van der Waals surface area (Å²) in [6.45, 7) is 3.69. The number of nitrogens with zero attached hydrogens (tertiary/aromatic N) is 3. The van der Waals surface area contributed by atoms with Gasteiger partial charge in [-0.1, -0.05) is 25.0 Å². The standard InChI is InChI=1S/C23H36N4O2/c1-27-13-6-3-7-20(27)22(11-14-29-23(18-22)8-4-5-9-23)10-12-24-15-19-16-25-17-21(26-19)28-2/h3,6,16-17,20,24H,4-5,7-15,18H2,1-2H3. The third-order valence-corrected chi connectivity index (χ3v) is 7.33. The van der Waals surface area contributed by atoms with Crippen molar-refractivity contribution in [3.05, 3.63) is 30.2 Å². The van der Waals surface area contributed by atoms with Crippen LogP contribution >= 0.6 is 0 Å². The van der Waals surface area contributed by atoms with E-state index in [1.807, 2.05) is 6.20 Å². The third-order valence-electron chi connectivity index (χ3n) is 7.33. The molecule has 6 nitrogen and oxygen atoms in total. The van der Waals surface area contributed by atoms with Gasteiger partial charge in [-0.25, -0.2) is 4.98 Å². The number of likely N-dealkylation sites (N-methyl/N-ethyl adjacent to an activating group) is 1. The van der Waals surface area contributed by atoms with Crippen LogP contribution in [-0.2, 0) is 11.3 Å². The normalized spacial score (nSPS) is 29.4. The highest BCUT2D eigenvalue weighted by Crippen LogP contribution is 2.52. The first-order valence-corrected chi connectivity index (χ1v) is 11.2. The summed E-state index contributed by atoms with van der Waals surface area (Å²) in [6.07, 6.45) is 18.0. The van der Waals surface area contributed by atoms with E-state index in [2.05, 4.69) is 39.4 Å². The Morgan fingerprint density at radius 1 is 1.24 bits per heavy atom. The first-order chi connectivity index (χ1) is 14.1. The lowest BCUT2D eigenvalue weighted by Gasteiger charge is -2.53. The minimum Gasteiger partial charge on any atom is -0.480 e. The van der Waals surface area contributed by atoms with Gasteiger partial charge in [0.1, 0.15) is 0 Å². The van der Waals surface area contributed by atoms with Gasteiger partial charge in [0, 0.05) is 31.9 Å². The van der Waals surface area contributed by atoms with Crippen LogP contribution in [0, 0.1) is 5.41 Å². The van der Waals surface area contributed by atoms with Crippen molar-refractivity contribution >= 4 is 0 Å². The van der Waals surface area contributed by atoms with Crippen molar-refractivity contribution in [3.8, 4) is 5.88 Å². The van der Waals surface area contributed by atoms with Crippen molar-refractivity contribution in [2.24, 2.45) is 5.41 Å². The van der Waals surface area contributed by atoms with Crippen LogP contribution in [0.1, 0.15) is 57.1 Å². The fraction of sp³-hybridized carbons (Fsp3) is 0.739. The molecule has 3 aliphatic rings. The summed E-state index contributed by atoms with van der Waals surface area (Å²) in [5.74, 6) is 0.573. The van der Waals surface area contributed by atoms with Gasteiger partial charge in [-0.2, -0.15) is 0 Å². The Morgan fingerprint density at radius 2 is 2.10 bits per heavy atom. The van der Waals surface area contributed by atoms with Crippen molar-refractivity contribution < 1.29 is 9.47 Å². The molecule has 1 N–H and O–H groups in total. The average molecular weight is 401 g/mol. The Kier molecular flexibility index (Phi) is 6.52. The van der Waals surface area contributed by atoms with Gasteiger partial charge in [0.2, 0.25) is 5.88 Å². The van der Waals surface area contributed by atoms with Crippen LogP contribution in [0.4, 0.5) is 0 Å². The Labute approximate surface area is 175 Å². The summed E-state index contributed by atoms with van der Waals surface area (Å²) in [5, 5.41) is 3.62. The van der Waals surface area contributed by atoms with Crippen LogP contribution in [0.5, 0.6) is 5.88 Å². The smallest absolute Gasteiger partial charge is 0.232 e. The number of hydrogen-bond acceptors (Lipinski definition) is 6. The van der Waals surface area contributed by atoms with E-state index in [0.717, 1.165) is 44.8 Å². The van der Waals surface area contributed by atoms with E-state index in [4.69, 9.17) is 9.47 Å². The van der Waals surface area contributed by atoms with E-state index >= 15 is 0 Å². The molecule has 2 atom stereocenters. The highest BCUT2D eigenvalue weighted by Gasteiger charge is 2.51. The molecule has 160 valence electrons. The Hall–Kier alpha value is -1.50. The molecule has 1 saturated carbocycles. The molecule has 1 spiro atoms. The van der Waals surface area contributed by atoms with Gasteiger partial charge >= 0.3 is 0 Å². The number of aromatic nitrogens is 2. The fourth-order valence-electron chi connectivity index (χ4n) is 5.87. The van der Waals surface area contributed by atoms with Crippen LogP contribution in [-0.4, -0.2) is 60.4 Å². The van der Waals surface area contributed by atoms with Crippen LogP contribution in [0.3, 0.4) is 0 Å². The van der Waals surface area contributed by atoms with E-state index in [9.17, 15) is 0 Å². The lowest BCUT2D eigenvalue weighted by Crippen LogP contribution is -2.55. The van der Waals surface area contributed by atoms with Crippen molar-refractivity contribution in [1.82, 2.24) is 20.2 Å². The van der Waals surface area contributed by atoms with E-state index < -0.39 is 0 Å². The largest absolute Gasteiger partial charge is 0.480 e. The third kappa shape index (κ3) is 4.65. The van der Waals surface area contributed by atoms with Crippen LogP contribution < -0.4 is 10.1 Å². The molecule has 29 heavy (non-hydrogen) atoms. The first kappa shape index (κ1) is 20.8. The summed E-state index contributed by atoms with van der Waals surface area (Å²) in [6, 6.07) is 0.604. The molecular weight excluding hydrogens is 364 g/mol. The molecule has 1 aromatic rings. The second-order valence-electron chi connectivity index (χ2n) is 9.17. The zero-order valence-corrected chi connectivity index (χ0v) is 18.0. The summed E-state index contributed by atoms with van der Waals surface area (Å²) in [7, 11) is 3.93. The molecule has 1 saturated heterocycles. The maximum absolute atomic E-state index is 6.42. The van der Waals surface area contributed by atoms with Crippen LogP contribution in [0.2, 0.25) is 0 Å². The summed E-state index contributed by atoms with van der Waals surface area (Å²) in [5.41, 5.74) is 1.38. The van der Waals surface area contributed by atoms with E-state index in [-0.39, 0.29) is 5.60 Å². The number of ether oxygens (including phenoxy) is 2. The number of rotatable bonds is 7. The molecule has 2 unspecified atom stereocenters. The molecule has 1 aliphatic carbocycles. The van der Waals surface area contributed by atoms with Crippen LogP contribution in [0.15, 0.2) is 24.5 Å². The molecular formula is C23H36N4O2. The number of nitrogens with one attached hydrogen (secondary N) is 1. The summed E-state index contributed by atoms with van der Waals surface area (Å²) >= 11 is 0. The molecule has 0 radical (unpaired) electrons. The van der Waals surface area contributed by atoms with Gasteiger partial charge in [0.25, 0.3) is 0 Å². The molecule has 2 aliphatic heterocycles. The average Bonchev–Trinajstić information content (AvgIpc) is 3.19. The van der Waals surface area contributed by atoms with Gasteiger partial charge < -0.3 is 14.8 Å². The van der Waals surface area contributed by atoms with Gasteiger partial charge in [0.05, 0.1) is 24.6 Å². The second-order valence-corrected chi connectivity index (χ2v) is 9.17. The van der Waals surface area contributed by atoms with Crippen molar-refractivity contribution in [1.29, 1.82) is 0 Å². The highest BCUT2D eigenvalue weighted by molar-refractivity contribution is 5.09. The quantitative estimate of drug-likeness (QED) is 0.560. The molecule has 4 rings (SSSR count).